The second kappa shape index (κ2) is 6.41. The molecule has 0 unspecified atom stereocenters. The van der Waals surface area contributed by atoms with E-state index in [1.807, 2.05) is 0 Å². The molecule has 1 atom stereocenters. The Hall–Kier alpha value is -1.33. The minimum atomic E-state index is 0.385. The van der Waals surface area contributed by atoms with Crippen molar-refractivity contribution in [2.45, 2.75) is 25.8 Å². The lowest BCUT2D eigenvalue weighted by atomic mass is 10.1. The predicted octanol–water partition coefficient (Wildman–Crippen LogP) is 1.82. The lowest BCUT2D eigenvalue weighted by Gasteiger charge is -2.29. The Morgan fingerprint density at radius 2 is 2.05 bits per heavy atom. The van der Waals surface area contributed by atoms with Gasteiger partial charge in [-0.15, -0.1) is 0 Å². The molecule has 3 heterocycles. The molecule has 2 aliphatic rings. The quantitative estimate of drug-likeness (QED) is 0.913. The highest BCUT2D eigenvalue weighted by Crippen LogP contribution is 2.20. The zero-order valence-electron chi connectivity index (χ0n) is 12.1. The van der Waals surface area contributed by atoms with Gasteiger partial charge in [-0.1, -0.05) is 0 Å². The minimum Gasteiger partial charge on any atom is -0.379 e. The van der Waals surface area contributed by atoms with Gasteiger partial charge in [-0.2, -0.15) is 0 Å². The van der Waals surface area contributed by atoms with Gasteiger partial charge in [-0.05, 0) is 37.5 Å². The van der Waals surface area contributed by atoms with E-state index < -0.39 is 0 Å². The molecule has 0 spiro atoms. The molecule has 2 aliphatic heterocycles. The molecule has 5 nitrogen and oxygen atoms in total. The van der Waals surface area contributed by atoms with Gasteiger partial charge >= 0.3 is 0 Å². The third kappa shape index (κ3) is 3.41. The van der Waals surface area contributed by atoms with Gasteiger partial charge in [-0.25, -0.2) is 4.98 Å². The lowest BCUT2D eigenvalue weighted by molar-refractivity contribution is 0.0875. The highest BCUT2D eigenvalue weighted by molar-refractivity contribution is 5.50. The fourth-order valence-electron chi connectivity index (χ4n) is 2.74. The summed E-state index contributed by atoms with van der Waals surface area (Å²) in [6.45, 7) is 7.20. The Kier molecular flexibility index (Phi) is 4.38. The maximum Gasteiger partial charge on any atom is 0.131 e. The average molecular weight is 277 g/mol. The Labute approximate surface area is 120 Å². The van der Waals surface area contributed by atoms with Crippen molar-refractivity contribution in [3.63, 3.8) is 0 Å². The summed E-state index contributed by atoms with van der Waals surface area (Å²) in [7, 11) is 0. The molecule has 0 aliphatic carbocycles. The second-order valence-electron chi connectivity index (χ2n) is 5.55. The average Bonchev–Trinajstić information content (AvgIpc) is 2.49. The number of hydrogen-bond acceptors (Lipinski definition) is 5. The highest BCUT2D eigenvalue weighted by Gasteiger charge is 2.16. The highest BCUT2D eigenvalue weighted by atomic mass is 16.5. The van der Waals surface area contributed by atoms with Crippen molar-refractivity contribution >= 4 is 11.6 Å². The van der Waals surface area contributed by atoms with E-state index in [1.165, 1.54) is 5.56 Å². The van der Waals surface area contributed by atoms with Crippen LogP contribution in [0.5, 0.6) is 0 Å². The van der Waals surface area contributed by atoms with Crippen molar-refractivity contribution in [3.8, 4) is 0 Å². The number of morpholine rings is 1. The molecule has 20 heavy (non-hydrogen) atoms. The molecule has 2 saturated heterocycles. The SMILES string of the molecule is Cc1cc(N[C@@H]2CCCOC2)nc(N2CCOCC2)c1. The summed E-state index contributed by atoms with van der Waals surface area (Å²) < 4.78 is 10.9. The standard InChI is InChI=1S/C15H23N3O2/c1-12-9-14(16-13-3-2-6-20-11-13)17-15(10-12)18-4-7-19-8-5-18/h9-10,13H,2-8,11H2,1H3,(H,16,17)/t13-/m1/s1. The van der Waals surface area contributed by atoms with Crippen LogP contribution >= 0.6 is 0 Å². The fraction of sp³-hybridized carbons (Fsp3) is 0.667. The van der Waals surface area contributed by atoms with Gasteiger partial charge in [0.2, 0.25) is 0 Å². The van der Waals surface area contributed by atoms with Crippen LogP contribution in [0.1, 0.15) is 18.4 Å². The van der Waals surface area contributed by atoms with Gasteiger partial charge in [0, 0.05) is 19.7 Å². The maximum absolute atomic E-state index is 5.51. The van der Waals surface area contributed by atoms with Crippen molar-refractivity contribution in [2.24, 2.45) is 0 Å². The first-order chi connectivity index (χ1) is 9.81. The smallest absolute Gasteiger partial charge is 0.131 e. The van der Waals surface area contributed by atoms with E-state index in [1.54, 1.807) is 0 Å². The summed E-state index contributed by atoms with van der Waals surface area (Å²) in [5.41, 5.74) is 1.24. The van der Waals surface area contributed by atoms with Crippen LogP contribution in [0, 0.1) is 6.92 Å². The van der Waals surface area contributed by atoms with Crippen molar-refractivity contribution in [1.82, 2.24) is 4.98 Å². The predicted molar refractivity (Wildman–Crippen MR) is 79.5 cm³/mol. The molecule has 2 fully saturated rings. The fourth-order valence-corrected chi connectivity index (χ4v) is 2.74. The second-order valence-corrected chi connectivity index (χ2v) is 5.55. The number of rotatable bonds is 3. The number of aromatic nitrogens is 1. The van der Waals surface area contributed by atoms with Crippen LogP contribution in [-0.2, 0) is 9.47 Å². The molecular weight excluding hydrogens is 254 g/mol. The van der Waals surface area contributed by atoms with Crippen LogP contribution in [0.15, 0.2) is 12.1 Å². The molecule has 0 amide bonds. The molecule has 0 saturated carbocycles. The summed E-state index contributed by atoms with van der Waals surface area (Å²) in [5, 5.41) is 3.51. The molecule has 1 aromatic heterocycles. The summed E-state index contributed by atoms with van der Waals surface area (Å²) in [4.78, 5) is 7.05. The van der Waals surface area contributed by atoms with Gasteiger partial charge in [-0.3, -0.25) is 0 Å². The first-order valence-electron chi connectivity index (χ1n) is 7.47. The topological polar surface area (TPSA) is 46.6 Å². The Balaban J connectivity index is 1.71. The van der Waals surface area contributed by atoms with Crippen molar-refractivity contribution < 1.29 is 9.47 Å². The molecule has 1 aromatic rings. The number of nitrogens with zero attached hydrogens (tertiary/aromatic N) is 2. The summed E-state index contributed by atoms with van der Waals surface area (Å²) >= 11 is 0. The first-order valence-corrected chi connectivity index (χ1v) is 7.47. The number of ether oxygens (including phenoxy) is 2. The van der Waals surface area contributed by atoms with Crippen LogP contribution in [-0.4, -0.2) is 50.5 Å². The largest absolute Gasteiger partial charge is 0.379 e. The van der Waals surface area contributed by atoms with Gasteiger partial charge in [0.25, 0.3) is 0 Å². The van der Waals surface area contributed by atoms with Crippen molar-refractivity contribution in [3.05, 3.63) is 17.7 Å². The number of pyridine rings is 1. The molecular formula is C15H23N3O2. The molecule has 0 aromatic carbocycles. The Morgan fingerprint density at radius 3 is 2.80 bits per heavy atom. The maximum atomic E-state index is 5.51. The normalized spacial score (nSPS) is 23.6. The van der Waals surface area contributed by atoms with E-state index in [2.05, 4.69) is 29.3 Å². The van der Waals surface area contributed by atoms with E-state index in [9.17, 15) is 0 Å². The number of aryl methyl sites for hydroxylation is 1. The zero-order chi connectivity index (χ0) is 13.8. The summed E-state index contributed by atoms with van der Waals surface area (Å²) in [6.07, 6.45) is 2.28. The van der Waals surface area contributed by atoms with E-state index >= 15 is 0 Å². The molecule has 5 heteroatoms. The monoisotopic (exact) mass is 277 g/mol. The van der Waals surface area contributed by atoms with Crippen molar-refractivity contribution in [1.29, 1.82) is 0 Å². The third-order valence-electron chi connectivity index (χ3n) is 3.80. The van der Waals surface area contributed by atoms with Crippen LogP contribution in [0.3, 0.4) is 0 Å². The van der Waals surface area contributed by atoms with Crippen LogP contribution in [0.2, 0.25) is 0 Å². The van der Waals surface area contributed by atoms with Gasteiger partial charge in [0.05, 0.1) is 25.9 Å². The van der Waals surface area contributed by atoms with E-state index in [0.29, 0.717) is 6.04 Å². The van der Waals surface area contributed by atoms with E-state index in [0.717, 1.165) is 64.0 Å². The molecule has 3 rings (SSSR count). The first kappa shape index (κ1) is 13.6. The number of anilines is 2. The van der Waals surface area contributed by atoms with Crippen LogP contribution in [0.25, 0.3) is 0 Å². The van der Waals surface area contributed by atoms with Crippen molar-refractivity contribution in [2.75, 3.05) is 49.7 Å². The minimum absolute atomic E-state index is 0.385. The van der Waals surface area contributed by atoms with Gasteiger partial charge in [0.1, 0.15) is 11.6 Å². The van der Waals surface area contributed by atoms with Gasteiger partial charge < -0.3 is 19.7 Å². The zero-order valence-corrected chi connectivity index (χ0v) is 12.1. The Bertz CT molecular complexity index is 441. The Morgan fingerprint density at radius 1 is 1.20 bits per heavy atom. The summed E-state index contributed by atoms with van der Waals surface area (Å²) in [5.74, 6) is 2.01. The van der Waals surface area contributed by atoms with Gasteiger partial charge in [0.15, 0.2) is 0 Å². The molecule has 1 N–H and O–H groups in total. The molecule has 0 radical (unpaired) electrons. The third-order valence-corrected chi connectivity index (χ3v) is 3.80. The number of nitrogens with one attached hydrogen (secondary N) is 1. The van der Waals surface area contributed by atoms with Crippen LogP contribution in [0.4, 0.5) is 11.6 Å². The molecule has 0 bridgehead atoms. The lowest BCUT2D eigenvalue weighted by Crippen LogP contribution is -2.37. The van der Waals surface area contributed by atoms with E-state index in [4.69, 9.17) is 14.5 Å². The summed E-state index contributed by atoms with van der Waals surface area (Å²) in [6, 6.07) is 4.64. The number of hydrogen-bond donors (Lipinski definition) is 1. The van der Waals surface area contributed by atoms with Crippen LogP contribution < -0.4 is 10.2 Å². The molecule has 110 valence electrons. The van der Waals surface area contributed by atoms with E-state index in [-0.39, 0.29) is 0 Å².